The van der Waals surface area contributed by atoms with Crippen molar-refractivity contribution in [1.82, 2.24) is 5.32 Å². The number of carbonyl (C=O) groups excluding carboxylic acids is 1. The summed E-state index contributed by atoms with van der Waals surface area (Å²) in [5.41, 5.74) is 1.11. The Balaban J connectivity index is 2.54. The van der Waals surface area contributed by atoms with Gasteiger partial charge < -0.3 is 10.4 Å². The molecule has 5 heteroatoms. The zero-order valence-electron chi connectivity index (χ0n) is 10.2. The first-order chi connectivity index (χ1) is 7.90. The number of hydrogen-bond acceptors (Lipinski definition) is 3. The SMILES string of the molecule is Cc1cc(C(C)NC(=O)CCC(=O)O)c(C)s1. The number of rotatable bonds is 5. The summed E-state index contributed by atoms with van der Waals surface area (Å²) in [6.07, 6.45) is -0.0952. The number of carboxylic acids is 1. The summed E-state index contributed by atoms with van der Waals surface area (Å²) in [4.78, 5) is 24.2. The van der Waals surface area contributed by atoms with Crippen LogP contribution in [0.1, 0.15) is 41.1 Å². The summed E-state index contributed by atoms with van der Waals surface area (Å²) in [5.74, 6) is -1.17. The lowest BCUT2D eigenvalue weighted by Crippen LogP contribution is -2.27. The molecule has 0 fully saturated rings. The quantitative estimate of drug-likeness (QED) is 0.849. The van der Waals surface area contributed by atoms with Crippen LogP contribution in [0, 0.1) is 13.8 Å². The molecule has 0 bridgehead atoms. The Kier molecular flexibility index (Phi) is 4.69. The number of amides is 1. The van der Waals surface area contributed by atoms with Crippen molar-refractivity contribution in [1.29, 1.82) is 0 Å². The Morgan fingerprint density at radius 3 is 2.53 bits per heavy atom. The minimum absolute atomic E-state index is 0.0296. The second-order valence-electron chi connectivity index (χ2n) is 4.05. The predicted molar refractivity (Wildman–Crippen MR) is 67.2 cm³/mol. The van der Waals surface area contributed by atoms with E-state index >= 15 is 0 Å². The van der Waals surface area contributed by atoms with Crippen molar-refractivity contribution in [3.05, 3.63) is 21.4 Å². The Morgan fingerprint density at radius 2 is 2.06 bits per heavy atom. The number of carboxylic acid groups (broad SMARTS) is 1. The predicted octanol–water partition coefficient (Wildman–Crippen LogP) is 2.41. The van der Waals surface area contributed by atoms with Crippen LogP contribution in [0.4, 0.5) is 0 Å². The van der Waals surface area contributed by atoms with Gasteiger partial charge in [-0.05, 0) is 32.4 Å². The van der Waals surface area contributed by atoms with Crippen LogP contribution in [0.3, 0.4) is 0 Å². The van der Waals surface area contributed by atoms with E-state index < -0.39 is 5.97 Å². The zero-order chi connectivity index (χ0) is 13.0. The molecule has 0 saturated carbocycles. The number of carbonyl (C=O) groups is 2. The third kappa shape index (κ3) is 4.19. The zero-order valence-corrected chi connectivity index (χ0v) is 11.1. The summed E-state index contributed by atoms with van der Waals surface area (Å²) >= 11 is 1.70. The molecule has 17 heavy (non-hydrogen) atoms. The monoisotopic (exact) mass is 255 g/mol. The van der Waals surface area contributed by atoms with E-state index in [4.69, 9.17) is 5.11 Å². The Labute approximate surface area is 105 Å². The standard InChI is InChI=1S/C12H17NO3S/c1-7-6-10(9(3)17-7)8(2)13-11(14)4-5-12(15)16/h6,8H,4-5H2,1-3H3,(H,13,14)(H,15,16). The molecule has 1 aromatic rings. The second kappa shape index (κ2) is 5.82. The largest absolute Gasteiger partial charge is 0.481 e. The van der Waals surface area contributed by atoms with Gasteiger partial charge >= 0.3 is 5.97 Å². The van der Waals surface area contributed by atoms with E-state index in [1.165, 1.54) is 9.75 Å². The summed E-state index contributed by atoms with van der Waals surface area (Å²) in [6, 6.07) is 1.99. The number of aliphatic carboxylic acids is 1. The van der Waals surface area contributed by atoms with E-state index in [0.29, 0.717) is 0 Å². The lowest BCUT2D eigenvalue weighted by molar-refractivity contribution is -0.138. The van der Waals surface area contributed by atoms with E-state index in [2.05, 4.69) is 11.4 Å². The highest BCUT2D eigenvalue weighted by Crippen LogP contribution is 2.26. The molecule has 0 aliphatic carbocycles. The smallest absolute Gasteiger partial charge is 0.303 e. The molecule has 1 rings (SSSR count). The van der Waals surface area contributed by atoms with Crippen LogP contribution < -0.4 is 5.32 Å². The molecule has 94 valence electrons. The maximum atomic E-state index is 11.5. The van der Waals surface area contributed by atoms with Crippen LogP contribution in [0.25, 0.3) is 0 Å². The van der Waals surface area contributed by atoms with Gasteiger partial charge in [0.2, 0.25) is 5.91 Å². The van der Waals surface area contributed by atoms with Crippen molar-refractivity contribution in [2.45, 2.75) is 39.7 Å². The minimum atomic E-state index is -0.949. The van der Waals surface area contributed by atoms with Crippen molar-refractivity contribution >= 4 is 23.2 Å². The average Bonchev–Trinajstić information content (AvgIpc) is 2.55. The summed E-state index contributed by atoms with van der Waals surface area (Å²) in [7, 11) is 0. The number of thiophene rings is 1. The van der Waals surface area contributed by atoms with Gasteiger partial charge in [0, 0.05) is 16.2 Å². The van der Waals surface area contributed by atoms with Gasteiger partial charge in [-0.3, -0.25) is 9.59 Å². The lowest BCUT2D eigenvalue weighted by Gasteiger charge is -2.13. The maximum absolute atomic E-state index is 11.5. The summed E-state index contributed by atoms with van der Waals surface area (Å²) < 4.78 is 0. The number of aryl methyl sites for hydroxylation is 2. The topological polar surface area (TPSA) is 66.4 Å². The molecule has 1 unspecified atom stereocenters. The molecule has 1 aromatic heterocycles. The number of nitrogens with one attached hydrogen (secondary N) is 1. The van der Waals surface area contributed by atoms with Gasteiger partial charge in [-0.15, -0.1) is 11.3 Å². The van der Waals surface area contributed by atoms with Crippen LogP contribution in [0.2, 0.25) is 0 Å². The van der Waals surface area contributed by atoms with Crippen molar-refractivity contribution in [2.24, 2.45) is 0 Å². The third-order valence-corrected chi connectivity index (χ3v) is 3.47. The van der Waals surface area contributed by atoms with E-state index in [1.54, 1.807) is 11.3 Å². The van der Waals surface area contributed by atoms with Crippen LogP contribution >= 0.6 is 11.3 Å². The molecule has 1 heterocycles. The molecule has 0 aromatic carbocycles. The maximum Gasteiger partial charge on any atom is 0.303 e. The van der Waals surface area contributed by atoms with Crippen molar-refractivity contribution < 1.29 is 14.7 Å². The van der Waals surface area contributed by atoms with Gasteiger partial charge in [0.05, 0.1) is 12.5 Å². The molecular formula is C12H17NO3S. The third-order valence-electron chi connectivity index (χ3n) is 2.49. The molecule has 1 atom stereocenters. The fraction of sp³-hybridized carbons (Fsp3) is 0.500. The fourth-order valence-corrected chi connectivity index (χ4v) is 2.71. The first-order valence-electron chi connectivity index (χ1n) is 5.48. The van der Waals surface area contributed by atoms with E-state index in [0.717, 1.165) is 5.56 Å². The molecule has 0 aliphatic rings. The second-order valence-corrected chi connectivity index (χ2v) is 5.51. The fourth-order valence-electron chi connectivity index (χ4n) is 1.69. The highest BCUT2D eigenvalue weighted by molar-refractivity contribution is 7.12. The highest BCUT2D eigenvalue weighted by atomic mass is 32.1. The van der Waals surface area contributed by atoms with E-state index in [1.807, 2.05) is 20.8 Å². The molecule has 0 spiro atoms. The van der Waals surface area contributed by atoms with Crippen LogP contribution in [0.5, 0.6) is 0 Å². The van der Waals surface area contributed by atoms with Gasteiger partial charge in [-0.25, -0.2) is 0 Å². The van der Waals surface area contributed by atoms with Crippen LogP contribution in [-0.2, 0) is 9.59 Å². The highest BCUT2D eigenvalue weighted by Gasteiger charge is 2.14. The van der Waals surface area contributed by atoms with Crippen molar-refractivity contribution in [3.63, 3.8) is 0 Å². The molecule has 4 nitrogen and oxygen atoms in total. The van der Waals surface area contributed by atoms with Crippen LogP contribution in [-0.4, -0.2) is 17.0 Å². The molecular weight excluding hydrogens is 238 g/mol. The summed E-state index contributed by atoms with van der Waals surface area (Å²) in [6.45, 7) is 5.96. The minimum Gasteiger partial charge on any atom is -0.481 e. The average molecular weight is 255 g/mol. The molecule has 0 radical (unpaired) electrons. The number of hydrogen-bond donors (Lipinski definition) is 2. The van der Waals surface area contributed by atoms with Gasteiger partial charge in [0.25, 0.3) is 0 Å². The van der Waals surface area contributed by atoms with Gasteiger partial charge in [0.15, 0.2) is 0 Å². The van der Waals surface area contributed by atoms with Gasteiger partial charge in [-0.1, -0.05) is 0 Å². The molecule has 2 N–H and O–H groups in total. The van der Waals surface area contributed by atoms with Crippen molar-refractivity contribution in [2.75, 3.05) is 0 Å². The first-order valence-corrected chi connectivity index (χ1v) is 6.30. The lowest BCUT2D eigenvalue weighted by atomic mass is 10.1. The Bertz CT molecular complexity index is 425. The Morgan fingerprint density at radius 1 is 1.41 bits per heavy atom. The van der Waals surface area contributed by atoms with Crippen LogP contribution in [0.15, 0.2) is 6.07 Å². The normalized spacial score (nSPS) is 12.2. The van der Waals surface area contributed by atoms with E-state index in [9.17, 15) is 9.59 Å². The Hall–Kier alpha value is -1.36. The van der Waals surface area contributed by atoms with Gasteiger partial charge in [-0.2, -0.15) is 0 Å². The summed E-state index contributed by atoms with van der Waals surface area (Å²) in [5, 5.41) is 11.3. The molecule has 0 saturated heterocycles. The molecule has 0 aliphatic heterocycles. The van der Waals surface area contributed by atoms with Crippen molar-refractivity contribution in [3.8, 4) is 0 Å². The van der Waals surface area contributed by atoms with E-state index in [-0.39, 0.29) is 24.8 Å². The first kappa shape index (κ1) is 13.7. The molecule has 1 amide bonds. The van der Waals surface area contributed by atoms with Gasteiger partial charge in [0.1, 0.15) is 0 Å².